The van der Waals surface area contributed by atoms with E-state index in [2.05, 4.69) is 29.9 Å². The minimum absolute atomic E-state index is 0.00173. The summed E-state index contributed by atoms with van der Waals surface area (Å²) in [6.07, 6.45) is 11.8. The molecular formula is C21H24FNO3S2. The molecular weight excluding hydrogens is 397 g/mol. The fraction of sp³-hybridized carbons (Fsp3) is 0.429. The fourth-order valence-electron chi connectivity index (χ4n) is 4.84. The predicted molar refractivity (Wildman–Crippen MR) is 111 cm³/mol. The lowest BCUT2D eigenvalue weighted by Gasteiger charge is -2.43. The molecule has 2 unspecified atom stereocenters. The highest BCUT2D eigenvalue weighted by Crippen LogP contribution is 2.57. The second-order valence-electron chi connectivity index (χ2n) is 7.65. The number of fused-ring (bicyclic) bond motifs is 1. The molecule has 1 aromatic rings. The first-order valence-electron chi connectivity index (χ1n) is 9.33. The zero-order valence-corrected chi connectivity index (χ0v) is 17.6. The van der Waals surface area contributed by atoms with Crippen molar-refractivity contribution < 1.29 is 17.0 Å². The standard InChI is InChI=1S/C21H24FNO3S2/c1-27-13-14-4-3-8-21-11-15-10-16(22)5-6-17(15)18(7-9-26-28(2,24)25)19(21)12-23-20(14)21/h3-6,10,12,18,23H,7-9,11,13H2,1-2H3. The van der Waals surface area contributed by atoms with E-state index in [4.69, 9.17) is 4.18 Å². The number of allylic oxidation sites excluding steroid dienone is 3. The van der Waals surface area contributed by atoms with Gasteiger partial charge in [0.1, 0.15) is 5.82 Å². The van der Waals surface area contributed by atoms with Crippen LogP contribution in [0.15, 0.2) is 53.4 Å². The molecule has 0 aromatic heterocycles. The normalized spacial score (nSPS) is 25.7. The van der Waals surface area contributed by atoms with Crippen LogP contribution in [-0.4, -0.2) is 33.3 Å². The number of halogens is 1. The van der Waals surface area contributed by atoms with Crippen LogP contribution >= 0.6 is 11.8 Å². The Kier molecular flexibility index (Phi) is 5.18. The van der Waals surface area contributed by atoms with Crippen molar-refractivity contribution in [3.8, 4) is 0 Å². The quantitative estimate of drug-likeness (QED) is 0.707. The Balaban J connectivity index is 1.76. The molecule has 1 N–H and O–H groups in total. The first-order valence-corrected chi connectivity index (χ1v) is 12.5. The van der Waals surface area contributed by atoms with Gasteiger partial charge in [-0.05, 0) is 59.9 Å². The second-order valence-corrected chi connectivity index (χ2v) is 10.2. The number of rotatable bonds is 6. The van der Waals surface area contributed by atoms with Gasteiger partial charge in [0.25, 0.3) is 10.1 Å². The van der Waals surface area contributed by atoms with Crippen LogP contribution in [0.25, 0.3) is 0 Å². The average Bonchev–Trinajstić information content (AvgIpc) is 3.00. The highest BCUT2D eigenvalue weighted by molar-refractivity contribution is 7.98. The summed E-state index contributed by atoms with van der Waals surface area (Å²) in [5.41, 5.74) is 5.61. The Morgan fingerprint density at radius 3 is 2.96 bits per heavy atom. The predicted octanol–water partition coefficient (Wildman–Crippen LogP) is 3.88. The molecule has 4 rings (SSSR count). The lowest BCUT2D eigenvalue weighted by molar-refractivity contribution is 0.293. The Bertz CT molecular complexity index is 997. The molecule has 28 heavy (non-hydrogen) atoms. The van der Waals surface area contributed by atoms with Crippen molar-refractivity contribution in [1.29, 1.82) is 0 Å². The third-order valence-corrected chi connectivity index (χ3v) is 7.06. The van der Waals surface area contributed by atoms with E-state index in [9.17, 15) is 12.8 Å². The second kappa shape index (κ2) is 7.35. The molecule has 0 radical (unpaired) electrons. The number of hydrogen-bond acceptors (Lipinski definition) is 5. The van der Waals surface area contributed by atoms with Gasteiger partial charge in [-0.1, -0.05) is 18.2 Å². The number of hydrogen-bond donors (Lipinski definition) is 1. The van der Waals surface area contributed by atoms with E-state index in [0.717, 1.165) is 36.0 Å². The van der Waals surface area contributed by atoms with Crippen molar-refractivity contribution in [3.63, 3.8) is 0 Å². The highest BCUT2D eigenvalue weighted by atomic mass is 32.2. The summed E-state index contributed by atoms with van der Waals surface area (Å²) in [7, 11) is -3.49. The Hall–Kier alpha value is -1.57. The van der Waals surface area contributed by atoms with Gasteiger partial charge in [-0.3, -0.25) is 4.18 Å². The maximum absolute atomic E-state index is 14.0. The van der Waals surface area contributed by atoms with Crippen LogP contribution in [0.2, 0.25) is 0 Å². The third-order valence-electron chi connectivity index (χ3n) is 5.86. The molecule has 0 amide bonds. The van der Waals surface area contributed by atoms with Gasteiger partial charge < -0.3 is 5.32 Å². The van der Waals surface area contributed by atoms with E-state index in [1.54, 1.807) is 17.8 Å². The largest absolute Gasteiger partial charge is 0.364 e. The van der Waals surface area contributed by atoms with Gasteiger partial charge in [0, 0.05) is 29.0 Å². The number of thioether (sulfide) groups is 1. The maximum Gasteiger partial charge on any atom is 0.264 e. The number of nitrogens with one attached hydrogen (secondary N) is 1. The highest BCUT2D eigenvalue weighted by Gasteiger charge is 2.49. The molecule has 1 aliphatic heterocycles. The van der Waals surface area contributed by atoms with Crippen LogP contribution in [0, 0.1) is 11.2 Å². The van der Waals surface area contributed by atoms with Crippen LogP contribution in [0.4, 0.5) is 4.39 Å². The van der Waals surface area contributed by atoms with E-state index in [1.807, 2.05) is 6.07 Å². The zero-order valence-electron chi connectivity index (χ0n) is 16.0. The molecule has 1 spiro atoms. The van der Waals surface area contributed by atoms with Crippen LogP contribution in [0.5, 0.6) is 0 Å². The molecule has 4 nitrogen and oxygen atoms in total. The van der Waals surface area contributed by atoms with Crippen molar-refractivity contribution >= 4 is 21.9 Å². The van der Waals surface area contributed by atoms with Gasteiger partial charge in [0.2, 0.25) is 0 Å². The van der Waals surface area contributed by atoms with Gasteiger partial charge >= 0.3 is 0 Å². The van der Waals surface area contributed by atoms with E-state index < -0.39 is 10.1 Å². The van der Waals surface area contributed by atoms with Gasteiger partial charge in [-0.25, -0.2) is 4.39 Å². The molecule has 0 saturated heterocycles. The summed E-state index contributed by atoms with van der Waals surface area (Å²) >= 11 is 1.78. The van der Waals surface area contributed by atoms with Gasteiger partial charge in [-0.2, -0.15) is 20.2 Å². The van der Waals surface area contributed by atoms with E-state index in [-0.39, 0.29) is 23.8 Å². The lowest BCUT2D eigenvalue weighted by atomic mass is 9.60. The summed E-state index contributed by atoms with van der Waals surface area (Å²) in [5, 5.41) is 3.51. The summed E-state index contributed by atoms with van der Waals surface area (Å²) in [6.45, 7) is 0.111. The summed E-state index contributed by atoms with van der Waals surface area (Å²) in [4.78, 5) is 0. The molecule has 0 bridgehead atoms. The van der Waals surface area contributed by atoms with Gasteiger partial charge in [0.15, 0.2) is 0 Å². The molecule has 1 heterocycles. The Morgan fingerprint density at radius 2 is 2.21 bits per heavy atom. The van der Waals surface area contributed by atoms with Crippen molar-refractivity contribution in [2.75, 3.05) is 24.9 Å². The van der Waals surface area contributed by atoms with Crippen LogP contribution in [0.1, 0.15) is 29.9 Å². The lowest BCUT2D eigenvalue weighted by Crippen LogP contribution is -2.36. The Labute approximate surface area is 170 Å². The summed E-state index contributed by atoms with van der Waals surface area (Å²) < 4.78 is 41.9. The van der Waals surface area contributed by atoms with Crippen LogP contribution in [0.3, 0.4) is 0 Å². The Morgan fingerprint density at radius 1 is 1.39 bits per heavy atom. The van der Waals surface area contributed by atoms with Crippen molar-refractivity contribution in [1.82, 2.24) is 5.32 Å². The van der Waals surface area contributed by atoms with E-state index in [0.29, 0.717) is 6.42 Å². The van der Waals surface area contributed by atoms with Gasteiger partial charge in [0.05, 0.1) is 12.9 Å². The minimum atomic E-state index is -3.49. The molecule has 2 aliphatic carbocycles. The third kappa shape index (κ3) is 3.44. The molecule has 0 saturated carbocycles. The van der Waals surface area contributed by atoms with Crippen LogP contribution in [-0.2, 0) is 20.7 Å². The summed E-state index contributed by atoms with van der Waals surface area (Å²) in [5.74, 6) is 0.679. The van der Waals surface area contributed by atoms with Gasteiger partial charge in [-0.15, -0.1) is 0 Å². The zero-order chi connectivity index (χ0) is 19.9. The molecule has 1 aromatic carbocycles. The fourth-order valence-corrected chi connectivity index (χ4v) is 5.79. The van der Waals surface area contributed by atoms with Crippen molar-refractivity contribution in [2.24, 2.45) is 5.41 Å². The SMILES string of the molecule is CSCC1=C2NC=C3C(CCOS(C)(=O)=O)c4ccc(F)cc4CC32CC=C1. The molecule has 0 fully saturated rings. The monoisotopic (exact) mass is 421 g/mol. The van der Waals surface area contributed by atoms with Crippen molar-refractivity contribution in [2.45, 2.75) is 25.2 Å². The van der Waals surface area contributed by atoms with E-state index >= 15 is 0 Å². The molecule has 150 valence electrons. The molecule has 3 aliphatic rings. The minimum Gasteiger partial charge on any atom is -0.364 e. The van der Waals surface area contributed by atoms with Crippen LogP contribution < -0.4 is 5.32 Å². The number of benzene rings is 1. The molecule has 7 heteroatoms. The first kappa shape index (κ1) is 19.7. The maximum atomic E-state index is 14.0. The molecule has 2 atom stereocenters. The first-order chi connectivity index (χ1) is 13.3. The smallest absolute Gasteiger partial charge is 0.264 e. The summed E-state index contributed by atoms with van der Waals surface area (Å²) in [6, 6.07) is 4.96. The van der Waals surface area contributed by atoms with E-state index in [1.165, 1.54) is 22.9 Å². The topological polar surface area (TPSA) is 55.4 Å². The average molecular weight is 422 g/mol. The van der Waals surface area contributed by atoms with Crippen molar-refractivity contribution in [3.05, 3.63) is 70.3 Å².